The highest BCUT2D eigenvalue weighted by Gasteiger charge is 2.29. The van der Waals surface area contributed by atoms with Gasteiger partial charge in [0.25, 0.3) is 5.91 Å². The molecule has 1 N–H and O–H groups in total. The number of hydrogen-bond acceptors (Lipinski definition) is 7. The van der Waals surface area contributed by atoms with Gasteiger partial charge in [0.05, 0.1) is 18.1 Å². The standard InChI is InChI=1S/C16H19BrN4O5S/c1-10(16-19-11(2)20-26-16)18-15(22)12-3-4-13(17)14(9-12)27(23,24)21-5-7-25-8-6-21/h3-4,9-10H,5-8H2,1-2H3,(H,18,22). The Kier molecular flexibility index (Phi) is 5.94. The number of ether oxygens (including phenoxy) is 1. The van der Waals surface area contributed by atoms with Gasteiger partial charge in [0, 0.05) is 23.1 Å². The number of hydrogen-bond donors (Lipinski definition) is 1. The lowest BCUT2D eigenvalue weighted by Crippen LogP contribution is -2.40. The average Bonchev–Trinajstić information content (AvgIpc) is 3.09. The van der Waals surface area contributed by atoms with Crippen molar-refractivity contribution in [1.82, 2.24) is 19.8 Å². The van der Waals surface area contributed by atoms with Crippen LogP contribution >= 0.6 is 15.9 Å². The maximum atomic E-state index is 12.9. The summed E-state index contributed by atoms with van der Waals surface area (Å²) in [5, 5.41) is 6.41. The zero-order valence-corrected chi connectivity index (χ0v) is 17.2. The first-order chi connectivity index (χ1) is 12.8. The highest BCUT2D eigenvalue weighted by Crippen LogP contribution is 2.27. The molecule has 1 aliphatic heterocycles. The van der Waals surface area contributed by atoms with E-state index >= 15 is 0 Å². The molecule has 0 saturated carbocycles. The number of benzene rings is 1. The minimum atomic E-state index is -3.74. The maximum absolute atomic E-state index is 12.9. The molecule has 27 heavy (non-hydrogen) atoms. The molecule has 1 atom stereocenters. The second-order valence-electron chi connectivity index (χ2n) is 6.04. The molecule has 1 aliphatic rings. The fourth-order valence-electron chi connectivity index (χ4n) is 2.60. The summed E-state index contributed by atoms with van der Waals surface area (Å²) < 4.78 is 37.8. The van der Waals surface area contributed by atoms with E-state index in [4.69, 9.17) is 9.26 Å². The molecule has 1 aromatic heterocycles. The number of rotatable bonds is 5. The lowest BCUT2D eigenvalue weighted by atomic mass is 10.2. The first-order valence-corrected chi connectivity index (χ1v) is 10.5. The van der Waals surface area contributed by atoms with Gasteiger partial charge in [0.1, 0.15) is 6.04 Å². The van der Waals surface area contributed by atoms with Crippen molar-refractivity contribution in [1.29, 1.82) is 0 Å². The number of carbonyl (C=O) groups is 1. The van der Waals surface area contributed by atoms with Crippen molar-refractivity contribution in [2.24, 2.45) is 0 Å². The van der Waals surface area contributed by atoms with E-state index in [2.05, 4.69) is 31.4 Å². The number of amides is 1. The smallest absolute Gasteiger partial charge is 0.251 e. The molecule has 3 rings (SSSR count). The van der Waals surface area contributed by atoms with E-state index in [9.17, 15) is 13.2 Å². The van der Waals surface area contributed by atoms with E-state index in [-0.39, 0.29) is 29.4 Å². The third-order valence-electron chi connectivity index (χ3n) is 4.04. The van der Waals surface area contributed by atoms with Gasteiger partial charge in [0.2, 0.25) is 15.9 Å². The average molecular weight is 459 g/mol. The van der Waals surface area contributed by atoms with Crippen LogP contribution in [0.3, 0.4) is 0 Å². The van der Waals surface area contributed by atoms with Gasteiger partial charge < -0.3 is 14.6 Å². The van der Waals surface area contributed by atoms with E-state index in [1.165, 1.54) is 10.4 Å². The van der Waals surface area contributed by atoms with Crippen LogP contribution in [0, 0.1) is 6.92 Å². The third kappa shape index (κ3) is 4.37. The lowest BCUT2D eigenvalue weighted by Gasteiger charge is -2.26. The first kappa shape index (κ1) is 19.9. The predicted molar refractivity (Wildman–Crippen MR) is 98.6 cm³/mol. The largest absolute Gasteiger partial charge is 0.379 e. The molecule has 1 saturated heterocycles. The van der Waals surface area contributed by atoms with Crippen molar-refractivity contribution >= 4 is 31.9 Å². The van der Waals surface area contributed by atoms with Crippen LogP contribution < -0.4 is 5.32 Å². The number of nitrogens with zero attached hydrogens (tertiary/aromatic N) is 3. The third-order valence-corrected chi connectivity index (χ3v) is 6.94. The van der Waals surface area contributed by atoms with Gasteiger partial charge >= 0.3 is 0 Å². The van der Waals surface area contributed by atoms with E-state index < -0.39 is 22.0 Å². The Bertz CT molecular complexity index is 940. The molecule has 1 unspecified atom stereocenters. The molecule has 1 fully saturated rings. The van der Waals surface area contributed by atoms with Gasteiger partial charge in [-0.05, 0) is 48.0 Å². The van der Waals surface area contributed by atoms with Crippen LogP contribution in [0.15, 0.2) is 32.1 Å². The second kappa shape index (κ2) is 8.05. The summed E-state index contributed by atoms with van der Waals surface area (Å²) in [5.74, 6) is 0.303. The Morgan fingerprint density at radius 3 is 2.67 bits per heavy atom. The van der Waals surface area contributed by atoms with Crippen LogP contribution in [0.4, 0.5) is 0 Å². The zero-order chi connectivity index (χ0) is 19.6. The second-order valence-corrected chi connectivity index (χ2v) is 8.80. The van der Waals surface area contributed by atoms with E-state index in [1.54, 1.807) is 26.0 Å². The van der Waals surface area contributed by atoms with Gasteiger partial charge in [-0.15, -0.1) is 0 Å². The Morgan fingerprint density at radius 1 is 1.33 bits per heavy atom. The summed E-state index contributed by atoms with van der Waals surface area (Å²) in [6.07, 6.45) is 0. The molecule has 1 aromatic carbocycles. The van der Waals surface area contributed by atoms with Crippen molar-refractivity contribution in [2.45, 2.75) is 24.8 Å². The molecule has 1 amide bonds. The van der Waals surface area contributed by atoms with Crippen molar-refractivity contribution < 1.29 is 22.5 Å². The van der Waals surface area contributed by atoms with Crippen LogP contribution in [0.1, 0.15) is 35.0 Å². The first-order valence-electron chi connectivity index (χ1n) is 8.27. The SMILES string of the molecule is Cc1noc(C(C)NC(=O)c2ccc(Br)c(S(=O)(=O)N3CCOCC3)c2)n1. The Balaban J connectivity index is 1.83. The topological polar surface area (TPSA) is 115 Å². The monoisotopic (exact) mass is 458 g/mol. The van der Waals surface area contributed by atoms with Crippen molar-refractivity contribution in [3.8, 4) is 0 Å². The van der Waals surface area contributed by atoms with Crippen molar-refractivity contribution in [3.63, 3.8) is 0 Å². The fraction of sp³-hybridized carbons (Fsp3) is 0.438. The number of nitrogens with one attached hydrogen (secondary N) is 1. The quantitative estimate of drug-likeness (QED) is 0.723. The summed E-state index contributed by atoms with van der Waals surface area (Å²) in [6.45, 7) is 4.63. The molecule has 2 aromatic rings. The van der Waals surface area contributed by atoms with Gasteiger partial charge in [0.15, 0.2) is 5.82 Å². The van der Waals surface area contributed by atoms with Gasteiger partial charge in [-0.1, -0.05) is 5.16 Å². The number of aromatic nitrogens is 2. The highest BCUT2D eigenvalue weighted by atomic mass is 79.9. The molecule has 9 nitrogen and oxygen atoms in total. The molecular weight excluding hydrogens is 440 g/mol. The van der Waals surface area contributed by atoms with Crippen molar-refractivity contribution in [2.75, 3.05) is 26.3 Å². The summed E-state index contributed by atoms with van der Waals surface area (Å²) in [7, 11) is -3.74. The molecule has 0 radical (unpaired) electrons. The van der Waals surface area contributed by atoms with Gasteiger partial charge in [-0.25, -0.2) is 8.42 Å². The van der Waals surface area contributed by atoms with Gasteiger partial charge in [-0.2, -0.15) is 9.29 Å². The van der Waals surface area contributed by atoms with Crippen LogP contribution in [0.25, 0.3) is 0 Å². The highest BCUT2D eigenvalue weighted by molar-refractivity contribution is 9.10. The van der Waals surface area contributed by atoms with E-state index in [0.29, 0.717) is 23.5 Å². The minimum absolute atomic E-state index is 0.0401. The number of morpholine rings is 1. The lowest BCUT2D eigenvalue weighted by molar-refractivity contribution is 0.0730. The van der Waals surface area contributed by atoms with E-state index in [0.717, 1.165) is 0 Å². The molecular formula is C16H19BrN4O5S. The summed E-state index contributed by atoms with van der Waals surface area (Å²) >= 11 is 3.27. The number of halogens is 1. The Hall–Kier alpha value is -1.82. The normalized spacial score (nSPS) is 16.9. The fourth-order valence-corrected chi connectivity index (χ4v) is 4.96. The number of sulfonamides is 1. The molecule has 0 aliphatic carbocycles. The molecule has 0 bridgehead atoms. The molecule has 0 spiro atoms. The molecule has 11 heteroatoms. The van der Waals surface area contributed by atoms with Crippen LogP contribution in [0.5, 0.6) is 0 Å². The number of carbonyl (C=O) groups excluding carboxylic acids is 1. The van der Waals surface area contributed by atoms with Crippen LogP contribution in [-0.2, 0) is 14.8 Å². The summed E-state index contributed by atoms with van der Waals surface area (Å²) in [5.41, 5.74) is 0.216. The van der Waals surface area contributed by atoms with Crippen LogP contribution in [0.2, 0.25) is 0 Å². The molecule has 146 valence electrons. The minimum Gasteiger partial charge on any atom is -0.379 e. The predicted octanol–water partition coefficient (Wildman–Crippen LogP) is 1.65. The summed E-state index contributed by atoms with van der Waals surface area (Å²) in [6, 6.07) is 3.94. The Labute approximate surface area is 165 Å². The molecule has 2 heterocycles. The zero-order valence-electron chi connectivity index (χ0n) is 14.8. The van der Waals surface area contributed by atoms with Gasteiger partial charge in [-0.3, -0.25) is 4.79 Å². The van der Waals surface area contributed by atoms with Crippen LogP contribution in [-0.4, -0.2) is 55.1 Å². The Morgan fingerprint density at radius 2 is 2.04 bits per heavy atom. The maximum Gasteiger partial charge on any atom is 0.251 e. The number of aryl methyl sites for hydroxylation is 1. The van der Waals surface area contributed by atoms with E-state index in [1.807, 2.05) is 0 Å². The summed E-state index contributed by atoms with van der Waals surface area (Å²) in [4.78, 5) is 16.7. The van der Waals surface area contributed by atoms with Crippen molar-refractivity contribution in [3.05, 3.63) is 40.0 Å².